The van der Waals surface area contributed by atoms with Gasteiger partial charge in [-0.15, -0.1) is 0 Å². The highest BCUT2D eigenvalue weighted by molar-refractivity contribution is 6.00. The summed E-state index contributed by atoms with van der Waals surface area (Å²) >= 11 is 0. The maximum Gasteiger partial charge on any atom is 0.255 e. The van der Waals surface area contributed by atoms with Crippen molar-refractivity contribution in [3.8, 4) is 0 Å². The van der Waals surface area contributed by atoms with Crippen molar-refractivity contribution in [2.45, 2.75) is 25.9 Å². The maximum absolute atomic E-state index is 12.4. The number of rotatable bonds is 5. The first-order valence-electron chi connectivity index (χ1n) is 7.73. The van der Waals surface area contributed by atoms with E-state index in [1.165, 1.54) is 0 Å². The van der Waals surface area contributed by atoms with Crippen LogP contribution in [0, 0.1) is 0 Å². The van der Waals surface area contributed by atoms with Gasteiger partial charge in [0.05, 0.1) is 0 Å². The molecule has 0 bridgehead atoms. The van der Waals surface area contributed by atoms with Crippen molar-refractivity contribution in [1.29, 1.82) is 0 Å². The summed E-state index contributed by atoms with van der Waals surface area (Å²) in [5, 5.41) is 2.88. The molecule has 0 saturated carbocycles. The normalized spacial score (nSPS) is 14.5. The second-order valence-electron chi connectivity index (χ2n) is 5.63. The van der Waals surface area contributed by atoms with Gasteiger partial charge in [-0.25, -0.2) is 0 Å². The molecule has 0 radical (unpaired) electrons. The molecule has 1 atom stereocenters. The van der Waals surface area contributed by atoms with E-state index in [1.54, 1.807) is 18.0 Å². The van der Waals surface area contributed by atoms with Crippen LogP contribution in [0.1, 0.15) is 28.5 Å². The lowest BCUT2D eigenvalue weighted by Gasteiger charge is -2.23. The first-order chi connectivity index (χ1) is 11.2. The molecular weight excluding hydrogens is 290 g/mol. The van der Waals surface area contributed by atoms with E-state index in [2.05, 4.69) is 10.3 Å². The Morgan fingerprint density at radius 1 is 1.26 bits per heavy atom. The van der Waals surface area contributed by atoms with Gasteiger partial charge in [0.25, 0.3) is 5.91 Å². The van der Waals surface area contributed by atoms with Crippen LogP contribution in [0.5, 0.6) is 0 Å². The minimum atomic E-state index is -0.487. The molecule has 1 aromatic heterocycles. The summed E-state index contributed by atoms with van der Waals surface area (Å²) in [5.74, 6) is -0.213. The third kappa shape index (κ3) is 3.23. The Morgan fingerprint density at radius 3 is 2.78 bits per heavy atom. The molecule has 1 aromatic carbocycles. The maximum atomic E-state index is 12.4. The van der Waals surface area contributed by atoms with E-state index in [0.29, 0.717) is 25.1 Å². The molecule has 2 amide bonds. The van der Waals surface area contributed by atoms with Crippen LogP contribution in [0.2, 0.25) is 0 Å². The van der Waals surface area contributed by atoms with Crippen molar-refractivity contribution in [3.63, 3.8) is 0 Å². The molecule has 2 heterocycles. The van der Waals surface area contributed by atoms with Crippen LogP contribution in [-0.2, 0) is 17.8 Å². The van der Waals surface area contributed by atoms with Crippen LogP contribution in [0.15, 0.2) is 48.7 Å². The van der Waals surface area contributed by atoms with Crippen LogP contribution in [-0.4, -0.2) is 34.3 Å². The number of hydrogen-bond acceptors (Lipinski definition) is 3. The SMILES string of the molecule is C[C@H](C(=O)NCCc1ccccn1)N1Cc2ccccc2C1=O. The minimum absolute atomic E-state index is 0.0759. The number of benzene rings is 1. The second-order valence-corrected chi connectivity index (χ2v) is 5.63. The predicted molar refractivity (Wildman–Crippen MR) is 86.7 cm³/mol. The molecule has 0 unspecified atom stereocenters. The lowest BCUT2D eigenvalue weighted by atomic mass is 10.1. The molecule has 5 nitrogen and oxygen atoms in total. The second kappa shape index (κ2) is 6.60. The fraction of sp³-hybridized carbons (Fsp3) is 0.278. The van der Waals surface area contributed by atoms with Crippen molar-refractivity contribution in [2.24, 2.45) is 0 Å². The first kappa shape index (κ1) is 15.2. The predicted octanol–water partition coefficient (Wildman–Crippen LogP) is 1.78. The molecule has 5 heteroatoms. The Labute approximate surface area is 135 Å². The Hall–Kier alpha value is -2.69. The molecule has 1 aliphatic rings. The van der Waals surface area contributed by atoms with E-state index >= 15 is 0 Å². The quantitative estimate of drug-likeness (QED) is 0.916. The number of hydrogen-bond donors (Lipinski definition) is 1. The molecule has 3 rings (SSSR count). The van der Waals surface area contributed by atoms with Gasteiger partial charge in [0.2, 0.25) is 5.91 Å². The van der Waals surface area contributed by atoms with Gasteiger partial charge >= 0.3 is 0 Å². The van der Waals surface area contributed by atoms with Gasteiger partial charge in [-0.2, -0.15) is 0 Å². The zero-order chi connectivity index (χ0) is 16.2. The Morgan fingerprint density at radius 2 is 2.04 bits per heavy atom. The van der Waals surface area contributed by atoms with E-state index in [1.807, 2.05) is 42.5 Å². The molecule has 1 aliphatic heterocycles. The summed E-state index contributed by atoms with van der Waals surface area (Å²) < 4.78 is 0. The van der Waals surface area contributed by atoms with E-state index in [0.717, 1.165) is 11.3 Å². The summed E-state index contributed by atoms with van der Waals surface area (Å²) in [4.78, 5) is 30.5. The number of amides is 2. The van der Waals surface area contributed by atoms with Gasteiger partial charge in [-0.1, -0.05) is 24.3 Å². The van der Waals surface area contributed by atoms with Gasteiger partial charge in [0.15, 0.2) is 0 Å². The monoisotopic (exact) mass is 309 g/mol. The zero-order valence-electron chi connectivity index (χ0n) is 13.0. The summed E-state index contributed by atoms with van der Waals surface area (Å²) in [6.45, 7) is 2.76. The zero-order valence-corrected chi connectivity index (χ0v) is 13.0. The molecular formula is C18H19N3O2. The Bertz CT molecular complexity index is 715. The van der Waals surface area contributed by atoms with Crippen molar-refractivity contribution in [2.75, 3.05) is 6.54 Å². The number of aromatic nitrogens is 1. The molecule has 2 aromatic rings. The molecule has 0 saturated heterocycles. The summed E-state index contributed by atoms with van der Waals surface area (Å²) in [6, 6.07) is 12.7. The van der Waals surface area contributed by atoms with Crippen LogP contribution in [0.25, 0.3) is 0 Å². The number of fused-ring (bicyclic) bond motifs is 1. The van der Waals surface area contributed by atoms with Crippen LogP contribution in [0.3, 0.4) is 0 Å². The lowest BCUT2D eigenvalue weighted by Crippen LogP contribution is -2.45. The summed E-state index contributed by atoms with van der Waals surface area (Å²) in [5.41, 5.74) is 2.61. The summed E-state index contributed by atoms with van der Waals surface area (Å²) in [6.07, 6.45) is 2.41. The Balaban J connectivity index is 1.55. The van der Waals surface area contributed by atoms with Crippen molar-refractivity contribution >= 4 is 11.8 Å². The van der Waals surface area contributed by atoms with Gasteiger partial charge in [-0.3, -0.25) is 14.6 Å². The molecule has 23 heavy (non-hydrogen) atoms. The Kier molecular flexibility index (Phi) is 4.37. The number of pyridine rings is 1. The third-order valence-corrected chi connectivity index (χ3v) is 4.10. The van der Waals surface area contributed by atoms with E-state index in [-0.39, 0.29) is 11.8 Å². The molecule has 0 fully saturated rings. The smallest absolute Gasteiger partial charge is 0.255 e. The van der Waals surface area contributed by atoms with Crippen LogP contribution < -0.4 is 5.32 Å². The van der Waals surface area contributed by atoms with Gasteiger partial charge in [0, 0.05) is 37.0 Å². The van der Waals surface area contributed by atoms with Gasteiger partial charge in [-0.05, 0) is 30.7 Å². The van der Waals surface area contributed by atoms with E-state index in [4.69, 9.17) is 0 Å². The minimum Gasteiger partial charge on any atom is -0.354 e. The van der Waals surface area contributed by atoms with Crippen LogP contribution >= 0.6 is 0 Å². The first-order valence-corrected chi connectivity index (χ1v) is 7.73. The lowest BCUT2D eigenvalue weighted by molar-refractivity contribution is -0.125. The fourth-order valence-corrected chi connectivity index (χ4v) is 2.74. The molecule has 0 aliphatic carbocycles. The van der Waals surface area contributed by atoms with E-state index < -0.39 is 6.04 Å². The van der Waals surface area contributed by atoms with Crippen molar-refractivity contribution < 1.29 is 9.59 Å². The highest BCUT2D eigenvalue weighted by Gasteiger charge is 2.33. The largest absolute Gasteiger partial charge is 0.354 e. The highest BCUT2D eigenvalue weighted by Crippen LogP contribution is 2.24. The number of carbonyl (C=O) groups is 2. The summed E-state index contributed by atoms with van der Waals surface area (Å²) in [7, 11) is 0. The topological polar surface area (TPSA) is 62.3 Å². The van der Waals surface area contributed by atoms with E-state index in [9.17, 15) is 9.59 Å². The average Bonchev–Trinajstić information content (AvgIpc) is 2.92. The highest BCUT2D eigenvalue weighted by atomic mass is 16.2. The number of carbonyl (C=O) groups excluding carboxylic acids is 2. The van der Waals surface area contributed by atoms with Crippen LogP contribution in [0.4, 0.5) is 0 Å². The van der Waals surface area contributed by atoms with Crippen molar-refractivity contribution in [1.82, 2.24) is 15.2 Å². The molecule has 1 N–H and O–H groups in total. The van der Waals surface area contributed by atoms with Gasteiger partial charge < -0.3 is 10.2 Å². The van der Waals surface area contributed by atoms with Crippen molar-refractivity contribution in [3.05, 3.63) is 65.5 Å². The fourth-order valence-electron chi connectivity index (χ4n) is 2.74. The third-order valence-electron chi connectivity index (χ3n) is 4.10. The number of nitrogens with one attached hydrogen (secondary N) is 1. The molecule has 118 valence electrons. The van der Waals surface area contributed by atoms with Gasteiger partial charge in [0.1, 0.15) is 6.04 Å². The number of nitrogens with zero attached hydrogens (tertiary/aromatic N) is 2. The molecule has 0 spiro atoms. The average molecular weight is 309 g/mol. The standard InChI is InChI=1S/C18H19N3O2/c1-13(17(22)20-11-9-15-7-4-5-10-19-15)21-12-14-6-2-3-8-16(14)18(21)23/h2-8,10,13H,9,11-12H2,1H3,(H,20,22)/t13-/m1/s1.